The van der Waals surface area contributed by atoms with Gasteiger partial charge in [-0.3, -0.25) is 14.2 Å². The van der Waals surface area contributed by atoms with E-state index in [1.165, 1.54) is 29.9 Å². The lowest BCUT2D eigenvalue weighted by Crippen LogP contribution is -2.35. The maximum Gasteiger partial charge on any atom is 0.416 e. The van der Waals surface area contributed by atoms with Crippen molar-refractivity contribution in [2.45, 2.75) is 50.5 Å². The van der Waals surface area contributed by atoms with Crippen LogP contribution in [0, 0.1) is 0 Å². The Morgan fingerprint density at radius 2 is 1.84 bits per heavy atom. The number of halogens is 4. The zero-order valence-electron chi connectivity index (χ0n) is 20.5. The summed E-state index contributed by atoms with van der Waals surface area (Å²) < 4.78 is 48.6. The lowest BCUT2D eigenvalue weighted by atomic mass is 9.88. The van der Waals surface area contributed by atoms with Crippen LogP contribution in [0.2, 0.25) is 5.02 Å². The summed E-state index contributed by atoms with van der Waals surface area (Å²) in [7, 11) is 1.48. The van der Waals surface area contributed by atoms with Crippen LogP contribution < -0.4 is 11.0 Å². The van der Waals surface area contributed by atoms with E-state index in [9.17, 15) is 27.6 Å². The lowest BCUT2D eigenvalue weighted by molar-refractivity contribution is -0.139. The van der Waals surface area contributed by atoms with E-state index in [4.69, 9.17) is 16.3 Å². The number of ether oxygens (including phenoxy) is 1. The Labute approximate surface area is 221 Å². The van der Waals surface area contributed by atoms with Crippen LogP contribution >= 0.6 is 11.6 Å². The molecule has 1 saturated carbocycles. The van der Waals surface area contributed by atoms with E-state index < -0.39 is 48.0 Å². The van der Waals surface area contributed by atoms with Crippen LogP contribution in [-0.4, -0.2) is 45.8 Å². The molecule has 1 heterocycles. The molecule has 1 fully saturated rings. The number of hydrogen-bond acceptors (Lipinski definition) is 5. The monoisotopic (exact) mass is 550 g/mol. The molecule has 1 aliphatic carbocycles. The second-order valence-corrected chi connectivity index (χ2v) is 9.51. The Hall–Kier alpha value is -3.44. The number of hydrogen-bond donors (Lipinski definition) is 1. The van der Waals surface area contributed by atoms with Gasteiger partial charge in [-0.2, -0.15) is 13.2 Å². The molecule has 8 nitrogen and oxygen atoms in total. The third-order valence-electron chi connectivity index (χ3n) is 6.18. The second-order valence-electron chi connectivity index (χ2n) is 9.08. The predicted molar refractivity (Wildman–Crippen MR) is 134 cm³/mol. The molecule has 1 amide bonds. The normalized spacial score (nSPS) is 14.3. The third-order valence-corrected chi connectivity index (χ3v) is 6.44. The summed E-state index contributed by atoms with van der Waals surface area (Å²) in [6.07, 6.45) is -3.77. The first-order valence-electron chi connectivity index (χ1n) is 12.0. The van der Waals surface area contributed by atoms with Crippen molar-refractivity contribution in [3.8, 4) is 11.4 Å². The minimum absolute atomic E-state index is 0.112. The highest BCUT2D eigenvalue weighted by molar-refractivity contribution is 6.30. The van der Waals surface area contributed by atoms with Crippen LogP contribution in [-0.2, 0) is 33.6 Å². The van der Waals surface area contributed by atoms with Gasteiger partial charge in [-0.1, -0.05) is 29.8 Å². The van der Waals surface area contributed by atoms with Gasteiger partial charge in [0.15, 0.2) is 11.6 Å². The highest BCUT2D eigenvalue weighted by atomic mass is 35.5. The van der Waals surface area contributed by atoms with E-state index in [1.54, 1.807) is 24.3 Å². The summed E-state index contributed by atoms with van der Waals surface area (Å²) in [6.45, 7) is -0.147. The lowest BCUT2D eigenvalue weighted by Gasteiger charge is -2.21. The number of rotatable bonds is 11. The maximum absolute atomic E-state index is 13.7. The summed E-state index contributed by atoms with van der Waals surface area (Å²) in [4.78, 5) is 39.2. The third kappa shape index (κ3) is 6.51. The minimum atomic E-state index is -4.71. The summed E-state index contributed by atoms with van der Waals surface area (Å²) in [5.41, 5.74) is -1.27. The molecule has 2 aromatic carbocycles. The number of alkyl halides is 3. The molecule has 38 heavy (non-hydrogen) atoms. The molecule has 1 N–H and O–H groups in total. The number of amides is 1. The molecule has 0 radical (unpaired) electrons. The largest absolute Gasteiger partial charge is 0.416 e. The number of benzene rings is 2. The number of Topliss-reactive ketones (excluding diaryl/α,β-unsaturated/α-hetero) is 1. The van der Waals surface area contributed by atoms with E-state index in [0.29, 0.717) is 10.6 Å². The van der Waals surface area contributed by atoms with Gasteiger partial charge in [0, 0.05) is 30.2 Å². The highest BCUT2D eigenvalue weighted by Crippen LogP contribution is 2.37. The van der Waals surface area contributed by atoms with Crippen LogP contribution in [0.25, 0.3) is 11.4 Å². The first-order chi connectivity index (χ1) is 18.1. The van der Waals surface area contributed by atoms with Crippen molar-refractivity contribution < 1.29 is 27.5 Å². The predicted octanol–water partition coefficient (Wildman–Crippen LogP) is 4.05. The summed E-state index contributed by atoms with van der Waals surface area (Å²) >= 11 is 5.97. The zero-order chi connectivity index (χ0) is 27.4. The maximum atomic E-state index is 13.7. The second kappa shape index (κ2) is 11.5. The SMILES string of the molecule is COCCn1c(-c2ccc(Cl)cc2)nn(CC(=O)CC(C(=O)NC2CC2)c2ccccc2C(F)(F)F)c1=O. The van der Waals surface area contributed by atoms with Gasteiger partial charge in [0.1, 0.15) is 6.54 Å². The zero-order valence-corrected chi connectivity index (χ0v) is 21.3. The van der Waals surface area contributed by atoms with Crippen LogP contribution in [0.4, 0.5) is 13.2 Å². The van der Waals surface area contributed by atoms with E-state index in [-0.39, 0.29) is 30.6 Å². The molecule has 1 aliphatic rings. The minimum Gasteiger partial charge on any atom is -0.383 e. The van der Waals surface area contributed by atoms with Gasteiger partial charge >= 0.3 is 11.9 Å². The van der Waals surface area contributed by atoms with Crippen molar-refractivity contribution in [3.05, 3.63) is 75.2 Å². The van der Waals surface area contributed by atoms with Crippen molar-refractivity contribution in [2.24, 2.45) is 0 Å². The molecule has 1 atom stereocenters. The number of carbonyl (C=O) groups is 2. The highest BCUT2D eigenvalue weighted by Gasteiger charge is 2.38. The number of nitrogens with zero attached hydrogens (tertiary/aromatic N) is 3. The van der Waals surface area contributed by atoms with Crippen molar-refractivity contribution in [1.82, 2.24) is 19.7 Å². The van der Waals surface area contributed by atoms with E-state index in [1.807, 2.05) is 0 Å². The van der Waals surface area contributed by atoms with Crippen LogP contribution in [0.3, 0.4) is 0 Å². The van der Waals surface area contributed by atoms with Gasteiger partial charge in [0.05, 0.1) is 24.6 Å². The summed E-state index contributed by atoms with van der Waals surface area (Å²) in [5, 5.41) is 7.50. The molecule has 12 heteroatoms. The number of nitrogens with one attached hydrogen (secondary N) is 1. The standard InChI is InChI=1S/C26H26ClF3N4O4/c1-38-13-12-33-23(16-6-8-17(27)9-7-16)32-34(25(33)37)15-19(35)14-21(24(36)31-18-10-11-18)20-4-2-3-5-22(20)26(28,29)30/h2-9,18,21H,10-15H2,1H3,(H,31,36). The Morgan fingerprint density at radius 3 is 2.47 bits per heavy atom. The summed E-state index contributed by atoms with van der Waals surface area (Å²) in [5.74, 6) is -2.36. The van der Waals surface area contributed by atoms with E-state index in [0.717, 1.165) is 23.6 Å². The molecule has 0 bridgehead atoms. The molecule has 202 valence electrons. The number of aromatic nitrogens is 3. The van der Waals surface area contributed by atoms with Gasteiger partial charge in [0.25, 0.3) is 0 Å². The van der Waals surface area contributed by atoms with E-state index >= 15 is 0 Å². The fourth-order valence-electron chi connectivity index (χ4n) is 4.13. The van der Waals surface area contributed by atoms with E-state index in [2.05, 4.69) is 10.4 Å². The van der Waals surface area contributed by atoms with Crippen LogP contribution in [0.15, 0.2) is 53.3 Å². The Bertz CT molecular complexity index is 1360. The van der Waals surface area contributed by atoms with Crippen molar-refractivity contribution in [2.75, 3.05) is 13.7 Å². The quantitative estimate of drug-likeness (QED) is 0.389. The molecule has 0 saturated heterocycles. The topological polar surface area (TPSA) is 95.2 Å². The van der Waals surface area contributed by atoms with Crippen LogP contribution in [0.5, 0.6) is 0 Å². The molecular weight excluding hydrogens is 525 g/mol. The number of ketones is 1. The average molecular weight is 551 g/mol. The first kappa shape index (κ1) is 27.6. The molecule has 0 spiro atoms. The number of methoxy groups -OCH3 is 1. The van der Waals surface area contributed by atoms with Crippen LogP contribution in [0.1, 0.15) is 36.3 Å². The molecule has 1 aromatic heterocycles. The smallest absolute Gasteiger partial charge is 0.383 e. The first-order valence-corrected chi connectivity index (χ1v) is 12.4. The van der Waals surface area contributed by atoms with Crippen molar-refractivity contribution in [3.63, 3.8) is 0 Å². The Morgan fingerprint density at radius 1 is 1.16 bits per heavy atom. The molecule has 0 aliphatic heterocycles. The molecule has 1 unspecified atom stereocenters. The average Bonchev–Trinajstić information content (AvgIpc) is 3.64. The fourth-order valence-corrected chi connectivity index (χ4v) is 4.26. The Balaban J connectivity index is 1.63. The molecular formula is C26H26ClF3N4O4. The molecule has 3 aromatic rings. The number of carbonyl (C=O) groups excluding carboxylic acids is 2. The fraction of sp³-hybridized carbons (Fsp3) is 0.385. The van der Waals surface area contributed by atoms with Gasteiger partial charge in [-0.25, -0.2) is 9.48 Å². The van der Waals surface area contributed by atoms with Gasteiger partial charge in [-0.15, -0.1) is 5.10 Å². The van der Waals surface area contributed by atoms with Crippen molar-refractivity contribution in [1.29, 1.82) is 0 Å². The van der Waals surface area contributed by atoms with Gasteiger partial charge < -0.3 is 10.1 Å². The van der Waals surface area contributed by atoms with Gasteiger partial charge in [-0.05, 0) is 48.7 Å². The Kier molecular flexibility index (Phi) is 8.37. The van der Waals surface area contributed by atoms with Crippen molar-refractivity contribution >= 4 is 23.3 Å². The van der Waals surface area contributed by atoms with Gasteiger partial charge in [0.2, 0.25) is 5.91 Å². The molecule has 4 rings (SSSR count). The summed E-state index contributed by atoms with van der Waals surface area (Å²) in [6, 6.07) is 11.2.